The average molecular weight is 264 g/mol. The topological polar surface area (TPSA) is 83.6 Å². The summed E-state index contributed by atoms with van der Waals surface area (Å²) >= 11 is 0. The van der Waals surface area contributed by atoms with Crippen LogP contribution in [0.1, 0.15) is 47.8 Å². The molecule has 6 heteroatoms. The van der Waals surface area contributed by atoms with Gasteiger partial charge in [0.25, 0.3) is 0 Å². The molecule has 1 aromatic rings. The van der Waals surface area contributed by atoms with Crippen LogP contribution in [-0.4, -0.2) is 40.0 Å². The summed E-state index contributed by atoms with van der Waals surface area (Å²) in [4.78, 5) is 28.7. The van der Waals surface area contributed by atoms with Crippen molar-refractivity contribution >= 4 is 11.9 Å². The lowest BCUT2D eigenvalue weighted by Crippen LogP contribution is -2.40. The molecule has 1 saturated carbocycles. The molecule has 0 bridgehead atoms. The van der Waals surface area contributed by atoms with Gasteiger partial charge in [-0.2, -0.15) is 0 Å². The number of hydrogen-bond donors (Lipinski definition) is 1. The van der Waals surface area contributed by atoms with Crippen molar-refractivity contribution in [2.24, 2.45) is 5.92 Å². The maximum Gasteiger partial charge on any atom is 0.358 e. The number of likely N-dealkylation sites (tertiary alicyclic amines) is 1. The predicted molar refractivity (Wildman–Crippen MR) is 64.7 cm³/mol. The van der Waals surface area contributed by atoms with Crippen LogP contribution in [-0.2, 0) is 4.79 Å². The van der Waals surface area contributed by atoms with Gasteiger partial charge in [-0.05, 0) is 25.7 Å². The van der Waals surface area contributed by atoms with Gasteiger partial charge in [-0.3, -0.25) is 4.79 Å². The van der Waals surface area contributed by atoms with Crippen molar-refractivity contribution < 1.29 is 19.1 Å². The highest BCUT2D eigenvalue weighted by atomic mass is 16.4. The molecule has 1 aliphatic carbocycles. The SMILES string of the molecule is O=C(O)c1ncoc1C1CCCN(C(=O)C2CC2)C1. The Morgan fingerprint density at radius 2 is 2.16 bits per heavy atom. The van der Waals surface area contributed by atoms with E-state index < -0.39 is 5.97 Å². The molecule has 1 amide bonds. The zero-order chi connectivity index (χ0) is 13.4. The normalized spacial score (nSPS) is 23.4. The lowest BCUT2D eigenvalue weighted by atomic mass is 9.94. The van der Waals surface area contributed by atoms with Crippen molar-refractivity contribution in [2.45, 2.75) is 31.6 Å². The van der Waals surface area contributed by atoms with E-state index in [2.05, 4.69) is 4.98 Å². The van der Waals surface area contributed by atoms with E-state index in [9.17, 15) is 9.59 Å². The Morgan fingerprint density at radius 1 is 1.37 bits per heavy atom. The third-order valence-corrected chi connectivity index (χ3v) is 3.83. The second kappa shape index (κ2) is 4.68. The first-order valence-electron chi connectivity index (χ1n) is 6.62. The molecule has 0 spiro atoms. The van der Waals surface area contributed by atoms with E-state index in [4.69, 9.17) is 9.52 Å². The quantitative estimate of drug-likeness (QED) is 0.894. The molecule has 1 unspecified atom stereocenters. The summed E-state index contributed by atoms with van der Waals surface area (Å²) in [6.45, 7) is 1.31. The summed E-state index contributed by atoms with van der Waals surface area (Å²) in [6, 6.07) is 0. The zero-order valence-electron chi connectivity index (χ0n) is 10.5. The van der Waals surface area contributed by atoms with Gasteiger partial charge in [0, 0.05) is 24.9 Å². The number of carbonyl (C=O) groups excluding carboxylic acids is 1. The standard InChI is InChI=1S/C13H16N2O4/c16-12(8-3-4-8)15-5-1-2-9(6-15)11-10(13(17)18)14-7-19-11/h7-9H,1-6H2,(H,17,18). The largest absolute Gasteiger partial charge is 0.476 e. The molecule has 102 valence electrons. The molecule has 2 heterocycles. The van der Waals surface area contributed by atoms with Crippen LogP contribution < -0.4 is 0 Å². The van der Waals surface area contributed by atoms with Crippen molar-refractivity contribution in [3.05, 3.63) is 17.8 Å². The van der Waals surface area contributed by atoms with Crippen LogP contribution >= 0.6 is 0 Å². The Balaban J connectivity index is 1.75. The van der Waals surface area contributed by atoms with Crippen molar-refractivity contribution in [2.75, 3.05) is 13.1 Å². The second-order valence-electron chi connectivity index (χ2n) is 5.27. The number of carboxylic acids is 1. The number of carboxylic acid groups (broad SMARTS) is 1. The molecular formula is C13H16N2O4. The van der Waals surface area contributed by atoms with Crippen LogP contribution in [0.3, 0.4) is 0 Å². The summed E-state index contributed by atoms with van der Waals surface area (Å²) in [7, 11) is 0. The maximum atomic E-state index is 12.1. The smallest absolute Gasteiger partial charge is 0.358 e. The minimum absolute atomic E-state index is 0.0225. The first kappa shape index (κ1) is 12.2. The van der Waals surface area contributed by atoms with Gasteiger partial charge < -0.3 is 14.4 Å². The van der Waals surface area contributed by atoms with E-state index in [0.717, 1.165) is 32.2 Å². The van der Waals surface area contributed by atoms with Crippen LogP contribution in [0.2, 0.25) is 0 Å². The molecule has 19 heavy (non-hydrogen) atoms. The first-order chi connectivity index (χ1) is 9.16. The molecule has 1 aliphatic heterocycles. The van der Waals surface area contributed by atoms with Gasteiger partial charge in [0.05, 0.1) is 0 Å². The van der Waals surface area contributed by atoms with Gasteiger partial charge in [0.1, 0.15) is 5.76 Å². The number of nitrogens with zero attached hydrogens (tertiary/aromatic N) is 2. The summed E-state index contributed by atoms with van der Waals surface area (Å²) < 4.78 is 5.24. The lowest BCUT2D eigenvalue weighted by Gasteiger charge is -2.32. The minimum Gasteiger partial charge on any atom is -0.476 e. The summed E-state index contributed by atoms with van der Waals surface area (Å²) in [6.07, 6.45) is 4.86. The van der Waals surface area contributed by atoms with Gasteiger partial charge in [-0.25, -0.2) is 9.78 Å². The summed E-state index contributed by atoms with van der Waals surface area (Å²) in [5, 5.41) is 9.06. The van der Waals surface area contributed by atoms with Gasteiger partial charge in [-0.15, -0.1) is 0 Å². The van der Waals surface area contributed by atoms with Gasteiger partial charge in [-0.1, -0.05) is 0 Å². The number of amides is 1. The van der Waals surface area contributed by atoms with Gasteiger partial charge in [0.15, 0.2) is 12.1 Å². The number of aromatic nitrogens is 1. The Bertz CT molecular complexity index is 506. The van der Waals surface area contributed by atoms with Crippen LogP contribution in [0.5, 0.6) is 0 Å². The number of aromatic carboxylic acids is 1. The molecule has 0 radical (unpaired) electrons. The van der Waals surface area contributed by atoms with Crippen LogP contribution in [0.15, 0.2) is 10.8 Å². The van der Waals surface area contributed by atoms with Crippen LogP contribution in [0, 0.1) is 5.92 Å². The highest BCUT2D eigenvalue weighted by molar-refractivity contribution is 5.86. The fraction of sp³-hybridized carbons (Fsp3) is 0.615. The molecule has 2 aliphatic rings. The monoisotopic (exact) mass is 264 g/mol. The number of carbonyl (C=O) groups is 2. The molecule has 2 fully saturated rings. The number of piperidine rings is 1. The highest BCUT2D eigenvalue weighted by Gasteiger charge is 2.37. The van der Waals surface area contributed by atoms with E-state index in [1.54, 1.807) is 0 Å². The Morgan fingerprint density at radius 3 is 2.84 bits per heavy atom. The van der Waals surface area contributed by atoms with E-state index in [1.165, 1.54) is 6.39 Å². The Kier molecular flexibility index (Phi) is 3.00. The lowest BCUT2D eigenvalue weighted by molar-refractivity contribution is -0.133. The molecule has 3 rings (SSSR count). The van der Waals surface area contributed by atoms with E-state index in [0.29, 0.717) is 12.3 Å². The summed E-state index contributed by atoms with van der Waals surface area (Å²) in [5.74, 6) is -0.311. The third-order valence-electron chi connectivity index (χ3n) is 3.83. The van der Waals surface area contributed by atoms with Crippen LogP contribution in [0.4, 0.5) is 0 Å². The van der Waals surface area contributed by atoms with Crippen molar-refractivity contribution in [1.29, 1.82) is 0 Å². The van der Waals surface area contributed by atoms with E-state index in [-0.39, 0.29) is 23.4 Å². The Hall–Kier alpha value is -1.85. The van der Waals surface area contributed by atoms with Crippen molar-refractivity contribution in [1.82, 2.24) is 9.88 Å². The van der Waals surface area contributed by atoms with Crippen molar-refractivity contribution in [3.63, 3.8) is 0 Å². The molecule has 1 saturated heterocycles. The average Bonchev–Trinajstić information content (AvgIpc) is 3.14. The van der Waals surface area contributed by atoms with Gasteiger partial charge in [0.2, 0.25) is 5.91 Å². The fourth-order valence-corrected chi connectivity index (χ4v) is 2.69. The van der Waals surface area contributed by atoms with E-state index >= 15 is 0 Å². The Labute approximate surface area is 110 Å². The number of rotatable bonds is 3. The third kappa shape index (κ3) is 2.34. The van der Waals surface area contributed by atoms with Crippen molar-refractivity contribution in [3.8, 4) is 0 Å². The fourth-order valence-electron chi connectivity index (χ4n) is 2.69. The molecule has 6 nitrogen and oxygen atoms in total. The first-order valence-corrected chi connectivity index (χ1v) is 6.62. The molecule has 1 N–H and O–H groups in total. The summed E-state index contributed by atoms with van der Waals surface area (Å²) in [5.41, 5.74) is -0.0225. The molecule has 1 aromatic heterocycles. The predicted octanol–water partition coefficient (Wildman–Crippen LogP) is 1.49. The van der Waals surface area contributed by atoms with Gasteiger partial charge >= 0.3 is 5.97 Å². The minimum atomic E-state index is -1.07. The highest BCUT2D eigenvalue weighted by Crippen LogP contribution is 2.35. The zero-order valence-corrected chi connectivity index (χ0v) is 10.5. The number of oxazole rings is 1. The van der Waals surface area contributed by atoms with E-state index in [1.807, 2.05) is 4.90 Å². The number of hydrogen-bond acceptors (Lipinski definition) is 4. The molecule has 0 aromatic carbocycles. The van der Waals surface area contributed by atoms with Crippen LogP contribution in [0.25, 0.3) is 0 Å². The maximum absolute atomic E-state index is 12.1. The second-order valence-corrected chi connectivity index (χ2v) is 5.27. The molecule has 1 atom stereocenters. The molecular weight excluding hydrogens is 248 g/mol.